The van der Waals surface area contributed by atoms with Crippen LogP contribution in [-0.4, -0.2) is 37.3 Å². The number of para-hydroxylation sites is 2. The minimum absolute atomic E-state index is 0.0573. The average molecular weight is 321 g/mol. The van der Waals surface area contributed by atoms with Crippen molar-refractivity contribution in [3.05, 3.63) is 54.4 Å². The Kier molecular flexibility index (Phi) is 3.94. The molecular formula is C18H19N5O. The quantitative estimate of drug-likeness (QED) is 0.801. The van der Waals surface area contributed by atoms with Crippen molar-refractivity contribution in [1.29, 1.82) is 0 Å². The van der Waals surface area contributed by atoms with Crippen molar-refractivity contribution in [2.75, 3.05) is 6.54 Å². The number of nitrogens with zero attached hydrogens (tertiary/aromatic N) is 4. The third kappa shape index (κ3) is 2.87. The van der Waals surface area contributed by atoms with Crippen LogP contribution in [0.15, 0.2) is 42.9 Å². The SMILES string of the molecule is O=C(CCc1nc2ccccc2[nH]1)N1CCCC1c1cnccn1. The number of hydrogen-bond donors (Lipinski definition) is 1. The fourth-order valence-electron chi connectivity index (χ4n) is 3.35. The predicted octanol–water partition coefficient (Wildman–Crippen LogP) is 2.65. The zero-order valence-electron chi connectivity index (χ0n) is 13.4. The maximum absolute atomic E-state index is 12.7. The van der Waals surface area contributed by atoms with Gasteiger partial charge in [0.25, 0.3) is 0 Å². The Morgan fingerprint density at radius 3 is 3.04 bits per heavy atom. The molecule has 1 aliphatic heterocycles. The van der Waals surface area contributed by atoms with E-state index >= 15 is 0 Å². The molecular weight excluding hydrogens is 302 g/mol. The lowest BCUT2D eigenvalue weighted by Crippen LogP contribution is -2.31. The number of carbonyl (C=O) groups excluding carboxylic acids is 1. The molecule has 0 bridgehead atoms. The van der Waals surface area contributed by atoms with Gasteiger partial charge in [-0.2, -0.15) is 0 Å². The number of aromatic nitrogens is 4. The molecule has 1 aliphatic rings. The lowest BCUT2D eigenvalue weighted by Gasteiger charge is -2.24. The van der Waals surface area contributed by atoms with E-state index in [4.69, 9.17) is 0 Å². The molecule has 3 heterocycles. The van der Waals surface area contributed by atoms with Gasteiger partial charge >= 0.3 is 0 Å². The van der Waals surface area contributed by atoms with Crippen LogP contribution in [0.25, 0.3) is 11.0 Å². The fourth-order valence-corrected chi connectivity index (χ4v) is 3.35. The molecule has 4 rings (SSSR count). The van der Waals surface area contributed by atoms with E-state index in [1.165, 1.54) is 0 Å². The molecule has 1 fully saturated rings. The normalized spacial score (nSPS) is 17.5. The fraction of sp³-hybridized carbons (Fsp3) is 0.333. The first-order valence-corrected chi connectivity index (χ1v) is 8.30. The van der Waals surface area contributed by atoms with Crippen molar-refractivity contribution >= 4 is 16.9 Å². The molecule has 122 valence electrons. The first-order chi connectivity index (χ1) is 11.8. The minimum atomic E-state index is 0.0573. The summed E-state index contributed by atoms with van der Waals surface area (Å²) in [5.41, 5.74) is 2.84. The highest BCUT2D eigenvalue weighted by molar-refractivity contribution is 5.78. The molecule has 0 aliphatic carbocycles. The van der Waals surface area contributed by atoms with Gasteiger partial charge in [0.2, 0.25) is 5.91 Å². The Morgan fingerprint density at radius 1 is 1.29 bits per heavy atom. The van der Waals surface area contributed by atoms with Crippen molar-refractivity contribution in [2.24, 2.45) is 0 Å². The van der Waals surface area contributed by atoms with Crippen LogP contribution in [0.1, 0.15) is 36.8 Å². The number of H-pyrrole nitrogens is 1. The van der Waals surface area contributed by atoms with Crippen molar-refractivity contribution in [3.8, 4) is 0 Å². The first kappa shape index (κ1) is 14.8. The van der Waals surface area contributed by atoms with Crippen molar-refractivity contribution in [2.45, 2.75) is 31.7 Å². The summed E-state index contributed by atoms with van der Waals surface area (Å²) >= 11 is 0. The van der Waals surface area contributed by atoms with Gasteiger partial charge in [-0.25, -0.2) is 4.98 Å². The van der Waals surface area contributed by atoms with Gasteiger partial charge in [0.1, 0.15) is 5.82 Å². The van der Waals surface area contributed by atoms with E-state index in [-0.39, 0.29) is 11.9 Å². The number of aryl methyl sites for hydroxylation is 1. The van der Waals surface area contributed by atoms with Gasteiger partial charge in [0.15, 0.2) is 0 Å². The summed E-state index contributed by atoms with van der Waals surface area (Å²) < 4.78 is 0. The highest BCUT2D eigenvalue weighted by atomic mass is 16.2. The lowest BCUT2D eigenvalue weighted by atomic mass is 10.1. The van der Waals surface area contributed by atoms with Crippen LogP contribution >= 0.6 is 0 Å². The summed E-state index contributed by atoms with van der Waals surface area (Å²) in [7, 11) is 0. The number of fused-ring (bicyclic) bond motifs is 1. The molecule has 1 aromatic carbocycles. The molecule has 6 nitrogen and oxygen atoms in total. The number of benzene rings is 1. The standard InChI is InChI=1S/C18H19N5O/c24-18(8-7-17-21-13-4-1-2-5-14(13)22-17)23-11-3-6-16(23)15-12-19-9-10-20-15/h1-2,4-5,9-10,12,16H,3,6-8,11H2,(H,21,22). The van der Waals surface area contributed by atoms with Gasteiger partial charge in [-0.1, -0.05) is 12.1 Å². The number of likely N-dealkylation sites (tertiary alicyclic amines) is 1. The molecule has 1 unspecified atom stereocenters. The molecule has 1 N–H and O–H groups in total. The first-order valence-electron chi connectivity index (χ1n) is 8.30. The Hall–Kier alpha value is -2.76. The van der Waals surface area contributed by atoms with E-state index in [2.05, 4.69) is 19.9 Å². The monoisotopic (exact) mass is 321 g/mol. The number of aromatic amines is 1. The predicted molar refractivity (Wildman–Crippen MR) is 90.1 cm³/mol. The second kappa shape index (κ2) is 6.39. The highest BCUT2D eigenvalue weighted by Crippen LogP contribution is 2.30. The van der Waals surface area contributed by atoms with Crippen molar-refractivity contribution < 1.29 is 4.79 Å². The van der Waals surface area contributed by atoms with Gasteiger partial charge in [0, 0.05) is 31.8 Å². The van der Waals surface area contributed by atoms with Crippen molar-refractivity contribution in [1.82, 2.24) is 24.8 Å². The summed E-state index contributed by atoms with van der Waals surface area (Å²) in [4.78, 5) is 30.9. The van der Waals surface area contributed by atoms with Crippen LogP contribution in [0.2, 0.25) is 0 Å². The van der Waals surface area contributed by atoms with Crippen molar-refractivity contribution in [3.63, 3.8) is 0 Å². The van der Waals surface area contributed by atoms with E-state index in [0.29, 0.717) is 12.8 Å². The number of imidazole rings is 1. The molecule has 6 heteroatoms. The van der Waals surface area contributed by atoms with Gasteiger partial charge in [-0.05, 0) is 25.0 Å². The molecule has 0 radical (unpaired) electrons. The smallest absolute Gasteiger partial charge is 0.223 e. The zero-order valence-corrected chi connectivity index (χ0v) is 13.4. The maximum atomic E-state index is 12.7. The third-order valence-corrected chi connectivity index (χ3v) is 4.51. The number of nitrogens with one attached hydrogen (secondary N) is 1. The van der Waals surface area contributed by atoms with Gasteiger partial charge in [-0.15, -0.1) is 0 Å². The Morgan fingerprint density at radius 2 is 2.21 bits per heavy atom. The summed E-state index contributed by atoms with van der Waals surface area (Å²) in [6, 6.07) is 7.97. The van der Waals surface area contributed by atoms with Gasteiger partial charge in [0.05, 0.1) is 29.0 Å². The number of hydrogen-bond acceptors (Lipinski definition) is 4. The van der Waals surface area contributed by atoms with Crippen LogP contribution < -0.4 is 0 Å². The van der Waals surface area contributed by atoms with Gasteiger partial charge in [-0.3, -0.25) is 14.8 Å². The Balaban J connectivity index is 1.43. The molecule has 24 heavy (non-hydrogen) atoms. The molecule has 1 atom stereocenters. The molecule has 2 aromatic heterocycles. The minimum Gasteiger partial charge on any atom is -0.342 e. The number of rotatable bonds is 4. The molecule has 1 saturated heterocycles. The molecule has 0 saturated carbocycles. The Bertz CT molecular complexity index is 812. The highest BCUT2D eigenvalue weighted by Gasteiger charge is 2.30. The molecule has 3 aromatic rings. The number of amides is 1. The van der Waals surface area contributed by atoms with Crippen LogP contribution in [-0.2, 0) is 11.2 Å². The Labute approximate surface area is 140 Å². The second-order valence-electron chi connectivity index (χ2n) is 6.08. The molecule has 1 amide bonds. The zero-order chi connectivity index (χ0) is 16.4. The van der Waals surface area contributed by atoms with E-state index in [0.717, 1.165) is 41.9 Å². The van der Waals surface area contributed by atoms with Gasteiger partial charge < -0.3 is 9.88 Å². The van der Waals surface area contributed by atoms with Crippen LogP contribution in [0.4, 0.5) is 0 Å². The second-order valence-corrected chi connectivity index (χ2v) is 6.08. The summed E-state index contributed by atoms with van der Waals surface area (Å²) in [5.74, 6) is 1.02. The topological polar surface area (TPSA) is 74.8 Å². The van der Waals surface area contributed by atoms with E-state index in [1.807, 2.05) is 29.2 Å². The van der Waals surface area contributed by atoms with E-state index in [1.54, 1.807) is 18.6 Å². The van der Waals surface area contributed by atoms with E-state index in [9.17, 15) is 4.79 Å². The van der Waals surface area contributed by atoms with Crippen LogP contribution in [0.5, 0.6) is 0 Å². The summed E-state index contributed by atoms with van der Waals surface area (Å²) in [6.45, 7) is 0.792. The summed E-state index contributed by atoms with van der Waals surface area (Å²) in [5, 5.41) is 0. The molecule has 0 spiro atoms. The summed E-state index contributed by atoms with van der Waals surface area (Å²) in [6.07, 6.45) is 8.15. The maximum Gasteiger partial charge on any atom is 0.223 e. The number of carbonyl (C=O) groups is 1. The third-order valence-electron chi connectivity index (χ3n) is 4.51. The largest absolute Gasteiger partial charge is 0.342 e. The van der Waals surface area contributed by atoms with Crippen LogP contribution in [0, 0.1) is 0 Å². The van der Waals surface area contributed by atoms with E-state index < -0.39 is 0 Å². The lowest BCUT2D eigenvalue weighted by molar-refractivity contribution is -0.132. The average Bonchev–Trinajstić information content (AvgIpc) is 3.27. The van der Waals surface area contributed by atoms with Crippen LogP contribution in [0.3, 0.4) is 0 Å².